The van der Waals surface area contributed by atoms with Crippen LogP contribution in [0.5, 0.6) is 11.5 Å². The van der Waals surface area contributed by atoms with Crippen molar-refractivity contribution in [2.45, 2.75) is 30.7 Å². The van der Waals surface area contributed by atoms with E-state index in [0.29, 0.717) is 11.8 Å². The monoisotopic (exact) mass is 191 g/mol. The van der Waals surface area contributed by atoms with Gasteiger partial charge in [0.15, 0.2) is 11.5 Å². The number of hydrogen-bond donors (Lipinski definition) is 3. The summed E-state index contributed by atoms with van der Waals surface area (Å²) < 4.78 is 0. The summed E-state index contributed by atoms with van der Waals surface area (Å²) in [5.74, 6) is 0.811. The third kappa shape index (κ3) is 0.805. The molecular weight excluding hydrogens is 178 g/mol. The van der Waals surface area contributed by atoms with Crippen molar-refractivity contribution in [3.8, 4) is 11.5 Å². The van der Waals surface area contributed by atoms with Gasteiger partial charge in [-0.25, -0.2) is 0 Å². The second-order valence-electron chi connectivity index (χ2n) is 4.37. The molecule has 1 aromatic carbocycles. The summed E-state index contributed by atoms with van der Waals surface area (Å²) in [5.41, 5.74) is 8.06. The maximum atomic E-state index is 9.74. The first-order valence-corrected chi connectivity index (χ1v) is 4.98. The van der Waals surface area contributed by atoms with Crippen molar-refractivity contribution >= 4 is 0 Å². The number of aromatic hydroxyl groups is 2. The van der Waals surface area contributed by atoms with Crippen LogP contribution in [0.15, 0.2) is 12.1 Å². The maximum absolute atomic E-state index is 9.74. The highest BCUT2D eigenvalue weighted by molar-refractivity contribution is 5.56. The van der Waals surface area contributed by atoms with E-state index in [-0.39, 0.29) is 17.5 Å². The molecule has 0 saturated heterocycles. The molecule has 0 radical (unpaired) electrons. The van der Waals surface area contributed by atoms with Gasteiger partial charge in [0.2, 0.25) is 0 Å². The minimum atomic E-state index is -0.00938. The van der Waals surface area contributed by atoms with E-state index in [9.17, 15) is 10.2 Å². The van der Waals surface area contributed by atoms with Crippen molar-refractivity contribution < 1.29 is 10.2 Å². The molecule has 3 nitrogen and oxygen atoms in total. The largest absolute Gasteiger partial charge is 0.504 e. The van der Waals surface area contributed by atoms with Gasteiger partial charge >= 0.3 is 0 Å². The highest BCUT2D eigenvalue weighted by Crippen LogP contribution is 2.56. The number of rotatable bonds is 0. The molecule has 0 heterocycles. The standard InChI is InChI=1S/C11H13NO2/c12-8-4-5-3-7(8)6-1-2-9(13)11(14)10(5)6/h1-2,5,7-8,13-14H,3-4,12H2. The van der Waals surface area contributed by atoms with Gasteiger partial charge in [0.1, 0.15) is 0 Å². The van der Waals surface area contributed by atoms with Gasteiger partial charge in [0.25, 0.3) is 0 Å². The van der Waals surface area contributed by atoms with E-state index >= 15 is 0 Å². The Kier molecular flexibility index (Phi) is 1.40. The molecule has 2 aliphatic rings. The molecule has 1 aromatic rings. The Labute approximate surface area is 82.2 Å². The van der Waals surface area contributed by atoms with Crippen LogP contribution in [-0.2, 0) is 0 Å². The van der Waals surface area contributed by atoms with Gasteiger partial charge in [-0.3, -0.25) is 0 Å². The number of phenols is 2. The molecule has 0 amide bonds. The van der Waals surface area contributed by atoms with Crippen molar-refractivity contribution in [2.24, 2.45) is 5.73 Å². The van der Waals surface area contributed by atoms with Gasteiger partial charge in [-0.15, -0.1) is 0 Å². The summed E-state index contributed by atoms with van der Waals surface area (Å²) in [4.78, 5) is 0. The average Bonchev–Trinajstić information content (AvgIpc) is 2.67. The number of phenolic OH excluding ortho intramolecular Hbond substituents is 2. The SMILES string of the molecule is NC1CC2CC1c1ccc(O)c(O)c12. The third-order valence-electron chi connectivity index (χ3n) is 3.65. The Morgan fingerprint density at radius 1 is 1.21 bits per heavy atom. The lowest BCUT2D eigenvalue weighted by Gasteiger charge is -2.21. The molecule has 3 unspecified atom stereocenters. The van der Waals surface area contributed by atoms with Crippen LogP contribution in [-0.4, -0.2) is 16.3 Å². The second kappa shape index (κ2) is 2.42. The van der Waals surface area contributed by atoms with Crippen molar-refractivity contribution in [3.63, 3.8) is 0 Å². The molecule has 3 atom stereocenters. The summed E-state index contributed by atoms with van der Waals surface area (Å²) in [7, 11) is 0. The van der Waals surface area contributed by atoms with Crippen molar-refractivity contribution in [1.29, 1.82) is 0 Å². The molecule has 0 aromatic heterocycles. The minimum Gasteiger partial charge on any atom is -0.504 e. The lowest BCUT2D eigenvalue weighted by Crippen LogP contribution is -2.25. The fraction of sp³-hybridized carbons (Fsp3) is 0.455. The van der Waals surface area contributed by atoms with Gasteiger partial charge < -0.3 is 15.9 Å². The van der Waals surface area contributed by atoms with Crippen LogP contribution in [0.3, 0.4) is 0 Å². The zero-order chi connectivity index (χ0) is 9.87. The summed E-state index contributed by atoms with van der Waals surface area (Å²) in [5, 5.41) is 19.1. The molecule has 2 aliphatic carbocycles. The van der Waals surface area contributed by atoms with Crippen LogP contribution in [0.1, 0.15) is 35.8 Å². The number of fused-ring (bicyclic) bond motifs is 5. The van der Waals surface area contributed by atoms with Gasteiger partial charge in [-0.1, -0.05) is 6.07 Å². The molecule has 0 spiro atoms. The molecule has 1 saturated carbocycles. The van der Waals surface area contributed by atoms with E-state index in [0.717, 1.165) is 24.0 Å². The van der Waals surface area contributed by atoms with Gasteiger partial charge in [0, 0.05) is 17.5 Å². The first-order chi connectivity index (χ1) is 6.68. The van der Waals surface area contributed by atoms with Crippen LogP contribution in [0.4, 0.5) is 0 Å². The fourth-order valence-corrected chi connectivity index (χ4v) is 3.03. The van der Waals surface area contributed by atoms with E-state index < -0.39 is 0 Å². The molecule has 1 fully saturated rings. The quantitative estimate of drug-likeness (QED) is 0.543. The maximum Gasteiger partial charge on any atom is 0.161 e. The first-order valence-electron chi connectivity index (χ1n) is 4.98. The van der Waals surface area contributed by atoms with E-state index in [4.69, 9.17) is 5.73 Å². The molecule has 0 aliphatic heterocycles. The van der Waals surface area contributed by atoms with E-state index in [1.54, 1.807) is 6.07 Å². The second-order valence-corrected chi connectivity index (χ2v) is 4.37. The van der Waals surface area contributed by atoms with E-state index in [2.05, 4.69) is 0 Å². The van der Waals surface area contributed by atoms with Crippen LogP contribution >= 0.6 is 0 Å². The summed E-state index contributed by atoms with van der Waals surface area (Å²) in [6, 6.07) is 3.69. The smallest absolute Gasteiger partial charge is 0.161 e. The van der Waals surface area contributed by atoms with Crippen molar-refractivity contribution in [2.75, 3.05) is 0 Å². The minimum absolute atomic E-state index is 0.00938. The predicted octanol–water partition coefficient (Wildman–Crippen LogP) is 1.40. The van der Waals surface area contributed by atoms with Crippen molar-refractivity contribution in [1.82, 2.24) is 0 Å². The lowest BCUT2D eigenvalue weighted by atomic mass is 9.88. The fourth-order valence-electron chi connectivity index (χ4n) is 3.03. The Morgan fingerprint density at radius 3 is 2.79 bits per heavy atom. The normalized spacial score (nSPS) is 33.4. The van der Waals surface area contributed by atoms with Crippen molar-refractivity contribution in [3.05, 3.63) is 23.3 Å². The molecule has 74 valence electrons. The Balaban J connectivity index is 2.22. The molecule has 3 heteroatoms. The zero-order valence-corrected chi connectivity index (χ0v) is 7.77. The number of benzene rings is 1. The Morgan fingerprint density at radius 2 is 2.00 bits per heavy atom. The van der Waals surface area contributed by atoms with Gasteiger partial charge in [-0.05, 0) is 30.4 Å². The van der Waals surface area contributed by atoms with E-state index in [1.165, 1.54) is 0 Å². The molecular formula is C11H13NO2. The average molecular weight is 191 g/mol. The highest BCUT2D eigenvalue weighted by Gasteiger charge is 2.44. The van der Waals surface area contributed by atoms with Gasteiger partial charge in [-0.2, -0.15) is 0 Å². The Bertz CT molecular complexity index is 403. The first kappa shape index (κ1) is 8.12. The summed E-state index contributed by atoms with van der Waals surface area (Å²) in [6.07, 6.45) is 1.97. The highest BCUT2D eigenvalue weighted by atomic mass is 16.3. The van der Waals surface area contributed by atoms with E-state index in [1.807, 2.05) is 6.07 Å². The number of hydrogen-bond acceptors (Lipinski definition) is 3. The van der Waals surface area contributed by atoms with Crippen LogP contribution in [0.25, 0.3) is 0 Å². The van der Waals surface area contributed by atoms with Crippen LogP contribution in [0.2, 0.25) is 0 Å². The third-order valence-corrected chi connectivity index (χ3v) is 3.65. The number of nitrogens with two attached hydrogens (primary N) is 1. The summed E-state index contributed by atoms with van der Waals surface area (Å²) in [6.45, 7) is 0. The summed E-state index contributed by atoms with van der Waals surface area (Å²) >= 11 is 0. The molecule has 4 N–H and O–H groups in total. The molecule has 2 bridgehead atoms. The van der Waals surface area contributed by atoms with Crippen LogP contribution in [0, 0.1) is 0 Å². The lowest BCUT2D eigenvalue weighted by molar-refractivity contribution is 0.395. The molecule has 14 heavy (non-hydrogen) atoms. The molecule has 3 rings (SSSR count). The van der Waals surface area contributed by atoms with Crippen LogP contribution < -0.4 is 5.73 Å². The van der Waals surface area contributed by atoms with Gasteiger partial charge in [0.05, 0.1) is 0 Å². The zero-order valence-electron chi connectivity index (χ0n) is 7.77. The Hall–Kier alpha value is -1.22. The topological polar surface area (TPSA) is 66.5 Å². The predicted molar refractivity (Wildman–Crippen MR) is 52.5 cm³/mol.